The summed E-state index contributed by atoms with van der Waals surface area (Å²) in [6.45, 7) is 2.00. The Hall–Kier alpha value is -2.07. The van der Waals surface area contributed by atoms with Gasteiger partial charge in [-0.1, -0.05) is 41.4 Å². The van der Waals surface area contributed by atoms with Crippen molar-refractivity contribution in [3.05, 3.63) is 64.4 Å². The number of nitrogens with zero attached hydrogens (tertiary/aromatic N) is 1. The summed E-state index contributed by atoms with van der Waals surface area (Å²) < 4.78 is 13.5. The van der Waals surface area contributed by atoms with Crippen molar-refractivity contribution in [2.45, 2.75) is 13.5 Å². The Morgan fingerprint density at radius 1 is 1.24 bits per heavy atom. The molecule has 0 bridgehead atoms. The first-order valence-corrected chi connectivity index (χ1v) is 6.81. The van der Waals surface area contributed by atoms with Crippen molar-refractivity contribution in [2.24, 2.45) is 0 Å². The average Bonchev–Trinajstić information content (AvgIpc) is 2.43. The maximum Gasteiger partial charge on any atom is 0.323 e. The van der Waals surface area contributed by atoms with Crippen molar-refractivity contribution in [1.29, 1.82) is 0 Å². The molecule has 1 N–H and O–H groups in total. The van der Waals surface area contributed by atoms with E-state index in [0.717, 1.165) is 11.3 Å². The molecule has 0 radical (unpaired) electrons. The smallest absolute Gasteiger partial charge is 0.323 e. The minimum Gasteiger partial charge on any atom is -0.480 e. The lowest BCUT2D eigenvalue weighted by Crippen LogP contribution is -2.29. The van der Waals surface area contributed by atoms with E-state index in [1.54, 1.807) is 17.0 Å². The first-order valence-electron chi connectivity index (χ1n) is 6.43. The normalized spacial score (nSPS) is 10.4. The fourth-order valence-corrected chi connectivity index (χ4v) is 2.22. The first kappa shape index (κ1) is 15.3. The van der Waals surface area contributed by atoms with Gasteiger partial charge in [-0.3, -0.25) is 4.79 Å². The van der Waals surface area contributed by atoms with Crippen molar-refractivity contribution in [3.63, 3.8) is 0 Å². The maximum atomic E-state index is 13.5. The minimum atomic E-state index is -0.955. The monoisotopic (exact) mass is 307 g/mol. The molecule has 2 aromatic rings. The molecule has 0 saturated carbocycles. The quantitative estimate of drug-likeness (QED) is 0.911. The number of halogens is 2. The van der Waals surface area contributed by atoms with Crippen molar-refractivity contribution < 1.29 is 14.3 Å². The lowest BCUT2D eigenvalue weighted by atomic mass is 10.1. The predicted molar refractivity (Wildman–Crippen MR) is 81.3 cm³/mol. The van der Waals surface area contributed by atoms with Gasteiger partial charge in [0.15, 0.2) is 0 Å². The summed E-state index contributed by atoms with van der Waals surface area (Å²) in [5, 5.41) is 9.08. The molecule has 21 heavy (non-hydrogen) atoms. The van der Waals surface area contributed by atoms with Gasteiger partial charge in [0.2, 0.25) is 0 Å². The van der Waals surface area contributed by atoms with Gasteiger partial charge in [0.25, 0.3) is 0 Å². The average molecular weight is 308 g/mol. The highest BCUT2D eigenvalue weighted by Gasteiger charge is 2.14. The van der Waals surface area contributed by atoms with E-state index < -0.39 is 11.8 Å². The van der Waals surface area contributed by atoms with Crippen LogP contribution in [0.2, 0.25) is 5.02 Å². The Kier molecular flexibility index (Phi) is 4.81. The molecule has 0 amide bonds. The third-order valence-electron chi connectivity index (χ3n) is 3.12. The Balaban J connectivity index is 2.30. The van der Waals surface area contributed by atoms with Gasteiger partial charge in [-0.15, -0.1) is 0 Å². The van der Waals surface area contributed by atoms with Crippen molar-refractivity contribution in [2.75, 3.05) is 11.4 Å². The number of rotatable bonds is 5. The first-order chi connectivity index (χ1) is 9.97. The van der Waals surface area contributed by atoms with Crippen LogP contribution in [0.5, 0.6) is 0 Å². The van der Waals surface area contributed by atoms with Crippen LogP contribution in [0.3, 0.4) is 0 Å². The van der Waals surface area contributed by atoms with Gasteiger partial charge in [0, 0.05) is 12.2 Å². The van der Waals surface area contributed by atoms with Gasteiger partial charge in [0.05, 0.1) is 5.02 Å². The molecule has 0 saturated heterocycles. The Morgan fingerprint density at radius 3 is 2.52 bits per heavy atom. The van der Waals surface area contributed by atoms with Crippen molar-refractivity contribution in [3.8, 4) is 0 Å². The number of carbonyl (C=O) groups is 1. The molecule has 0 fully saturated rings. The second-order valence-electron chi connectivity index (χ2n) is 4.80. The highest BCUT2D eigenvalue weighted by atomic mass is 35.5. The largest absolute Gasteiger partial charge is 0.480 e. The molecule has 0 heterocycles. The Bertz CT molecular complexity index is 643. The van der Waals surface area contributed by atoms with Crippen LogP contribution in [0.15, 0.2) is 42.5 Å². The third-order valence-corrected chi connectivity index (χ3v) is 3.54. The number of benzene rings is 2. The summed E-state index contributed by atoms with van der Waals surface area (Å²) in [5.74, 6) is -1.46. The highest BCUT2D eigenvalue weighted by Crippen LogP contribution is 2.24. The number of hydrogen-bond acceptors (Lipinski definition) is 2. The Morgan fingerprint density at radius 2 is 1.90 bits per heavy atom. The van der Waals surface area contributed by atoms with Gasteiger partial charge in [0.1, 0.15) is 12.4 Å². The molecule has 2 rings (SSSR count). The highest BCUT2D eigenvalue weighted by molar-refractivity contribution is 6.31. The van der Waals surface area contributed by atoms with E-state index in [1.807, 2.05) is 31.2 Å². The minimum absolute atomic E-state index is 0.0278. The van der Waals surface area contributed by atoms with E-state index in [2.05, 4.69) is 0 Å². The van der Waals surface area contributed by atoms with Crippen LogP contribution in [0.4, 0.5) is 10.1 Å². The molecule has 2 aromatic carbocycles. The predicted octanol–water partition coefficient (Wildman–Crippen LogP) is 3.88. The number of hydrogen-bond donors (Lipinski definition) is 1. The van der Waals surface area contributed by atoms with Crippen LogP contribution in [0.1, 0.15) is 11.1 Å². The zero-order chi connectivity index (χ0) is 15.4. The summed E-state index contributed by atoms with van der Waals surface area (Å²) in [6, 6.07) is 12.0. The molecule has 0 unspecified atom stereocenters. The zero-order valence-corrected chi connectivity index (χ0v) is 12.3. The fourth-order valence-electron chi connectivity index (χ4n) is 2.03. The van der Waals surface area contributed by atoms with E-state index in [-0.39, 0.29) is 18.1 Å². The van der Waals surface area contributed by atoms with Crippen molar-refractivity contribution >= 4 is 23.3 Å². The van der Waals surface area contributed by atoms with Crippen molar-refractivity contribution in [1.82, 2.24) is 0 Å². The number of carboxylic acids is 1. The molecule has 0 aliphatic rings. The standard InChI is InChI=1S/C16H15ClFNO2/c1-11-5-7-13(8-6-11)19(10-15(20)21)9-12-3-2-4-14(18)16(12)17/h2-8H,9-10H2,1H3,(H,20,21). The number of carboxylic acid groups (broad SMARTS) is 1. The lowest BCUT2D eigenvalue weighted by molar-refractivity contribution is -0.135. The second-order valence-corrected chi connectivity index (χ2v) is 5.18. The summed E-state index contributed by atoms with van der Waals surface area (Å²) in [7, 11) is 0. The van der Waals surface area contributed by atoms with Crippen LogP contribution >= 0.6 is 11.6 Å². The molecule has 5 heteroatoms. The third kappa shape index (κ3) is 3.95. The summed E-state index contributed by atoms with van der Waals surface area (Å²) in [5.41, 5.74) is 2.39. The molecule has 0 spiro atoms. The maximum absolute atomic E-state index is 13.5. The van der Waals surface area contributed by atoms with Crippen LogP contribution in [0, 0.1) is 12.7 Å². The zero-order valence-electron chi connectivity index (χ0n) is 11.5. The van der Waals surface area contributed by atoms with Gasteiger partial charge < -0.3 is 10.0 Å². The Labute approximate surface area is 127 Å². The topological polar surface area (TPSA) is 40.5 Å². The molecular formula is C16H15ClFNO2. The van der Waals surface area contributed by atoms with Gasteiger partial charge in [-0.25, -0.2) is 4.39 Å². The fraction of sp³-hybridized carbons (Fsp3) is 0.188. The molecular weight excluding hydrogens is 293 g/mol. The molecule has 0 aliphatic heterocycles. The summed E-state index contributed by atoms with van der Waals surface area (Å²) in [4.78, 5) is 12.7. The number of aliphatic carboxylic acids is 1. The van der Waals surface area contributed by atoms with Gasteiger partial charge in [-0.2, -0.15) is 0 Å². The molecule has 0 aliphatic carbocycles. The lowest BCUT2D eigenvalue weighted by Gasteiger charge is -2.23. The van der Waals surface area contributed by atoms with E-state index in [4.69, 9.17) is 16.7 Å². The van der Waals surface area contributed by atoms with E-state index >= 15 is 0 Å². The summed E-state index contributed by atoms with van der Waals surface area (Å²) in [6.07, 6.45) is 0. The van der Waals surface area contributed by atoms with E-state index in [1.165, 1.54) is 6.07 Å². The SMILES string of the molecule is Cc1ccc(N(CC(=O)O)Cc2cccc(F)c2Cl)cc1. The van der Waals surface area contributed by atoms with Crippen LogP contribution in [-0.4, -0.2) is 17.6 Å². The van der Waals surface area contributed by atoms with Crippen LogP contribution < -0.4 is 4.90 Å². The second kappa shape index (κ2) is 6.59. The van der Waals surface area contributed by atoms with Gasteiger partial charge >= 0.3 is 5.97 Å². The van der Waals surface area contributed by atoms with E-state index in [0.29, 0.717) is 5.56 Å². The van der Waals surface area contributed by atoms with E-state index in [9.17, 15) is 9.18 Å². The molecule has 3 nitrogen and oxygen atoms in total. The molecule has 0 atom stereocenters. The molecule has 110 valence electrons. The molecule has 0 aromatic heterocycles. The summed E-state index contributed by atoms with van der Waals surface area (Å²) >= 11 is 5.94. The van der Waals surface area contributed by atoms with Crippen LogP contribution in [0.25, 0.3) is 0 Å². The van der Waals surface area contributed by atoms with Crippen LogP contribution in [-0.2, 0) is 11.3 Å². The number of aryl methyl sites for hydroxylation is 1. The van der Waals surface area contributed by atoms with Gasteiger partial charge in [-0.05, 0) is 30.7 Å². The number of anilines is 1.